The Kier molecular flexibility index (Phi) is 3.14. The number of nitrogen functional groups attached to an aromatic ring is 1. The molecule has 104 valence electrons. The van der Waals surface area contributed by atoms with Gasteiger partial charge in [0.2, 0.25) is 0 Å². The molecule has 2 aromatic heterocycles. The maximum atomic E-state index is 12.2. The minimum absolute atomic E-state index is 0.0132. The zero-order valence-corrected chi connectivity index (χ0v) is 11.3. The van der Waals surface area contributed by atoms with E-state index < -0.39 is 0 Å². The van der Waals surface area contributed by atoms with Crippen molar-refractivity contribution in [1.82, 2.24) is 20.1 Å². The molecule has 3 rings (SSSR count). The van der Waals surface area contributed by atoms with Gasteiger partial charge in [-0.2, -0.15) is 5.10 Å². The third-order valence-electron chi connectivity index (χ3n) is 3.70. The number of pyridine rings is 1. The van der Waals surface area contributed by atoms with E-state index in [1.54, 1.807) is 12.1 Å². The van der Waals surface area contributed by atoms with Gasteiger partial charge in [0.25, 0.3) is 5.91 Å². The van der Waals surface area contributed by atoms with Crippen LogP contribution in [0.25, 0.3) is 0 Å². The number of nitrogens with two attached hydrogens (primary N) is 1. The number of anilines is 1. The molecule has 0 aromatic carbocycles. The summed E-state index contributed by atoms with van der Waals surface area (Å²) in [5.74, 6) is -0.174. The van der Waals surface area contributed by atoms with Gasteiger partial charge in [0, 0.05) is 18.3 Å². The molecule has 0 radical (unpaired) electrons. The molecule has 6 nitrogen and oxygen atoms in total. The third kappa shape index (κ3) is 2.24. The molecule has 0 fully saturated rings. The van der Waals surface area contributed by atoms with Crippen molar-refractivity contribution in [3.8, 4) is 0 Å². The Balaban J connectivity index is 1.78. The van der Waals surface area contributed by atoms with Gasteiger partial charge < -0.3 is 11.1 Å². The number of fused-ring (bicyclic) bond motifs is 1. The molecule has 0 aliphatic heterocycles. The summed E-state index contributed by atoms with van der Waals surface area (Å²) < 4.78 is 1.88. The molecule has 20 heavy (non-hydrogen) atoms. The molecule has 2 aromatic rings. The second kappa shape index (κ2) is 4.96. The SMILES string of the molecule is Cn1ncc2c1CCCC2NC(=O)c1ccc(N)cn1. The summed E-state index contributed by atoms with van der Waals surface area (Å²) in [6.07, 6.45) is 6.32. The largest absolute Gasteiger partial charge is 0.397 e. The standard InChI is InChI=1S/C14H17N5O/c1-19-13-4-2-3-11(10(13)8-17-19)18-14(20)12-6-5-9(15)7-16-12/h5-8,11H,2-4,15H2,1H3,(H,18,20). The summed E-state index contributed by atoms with van der Waals surface area (Å²) in [4.78, 5) is 16.2. The van der Waals surface area contributed by atoms with E-state index in [2.05, 4.69) is 15.4 Å². The molecule has 0 bridgehead atoms. The number of carbonyl (C=O) groups is 1. The monoisotopic (exact) mass is 271 g/mol. The number of hydrogen-bond donors (Lipinski definition) is 2. The van der Waals surface area contributed by atoms with E-state index in [0.29, 0.717) is 11.4 Å². The molecule has 0 spiro atoms. The van der Waals surface area contributed by atoms with Gasteiger partial charge in [0.15, 0.2) is 0 Å². The number of aryl methyl sites for hydroxylation is 1. The van der Waals surface area contributed by atoms with Crippen molar-refractivity contribution < 1.29 is 4.79 Å². The summed E-state index contributed by atoms with van der Waals surface area (Å²) in [7, 11) is 1.94. The number of amides is 1. The van der Waals surface area contributed by atoms with Gasteiger partial charge in [0.05, 0.1) is 24.1 Å². The Labute approximate surface area is 117 Å². The summed E-state index contributed by atoms with van der Waals surface area (Å²) in [5, 5.41) is 7.30. The lowest BCUT2D eigenvalue weighted by Gasteiger charge is -2.23. The second-order valence-corrected chi connectivity index (χ2v) is 5.07. The fourth-order valence-corrected chi connectivity index (χ4v) is 2.63. The molecule has 1 unspecified atom stereocenters. The van der Waals surface area contributed by atoms with E-state index in [-0.39, 0.29) is 11.9 Å². The fraction of sp³-hybridized carbons (Fsp3) is 0.357. The number of carbonyl (C=O) groups excluding carboxylic acids is 1. The predicted molar refractivity (Wildman–Crippen MR) is 75.0 cm³/mol. The van der Waals surface area contributed by atoms with Crippen LogP contribution in [-0.2, 0) is 13.5 Å². The topological polar surface area (TPSA) is 85.8 Å². The second-order valence-electron chi connectivity index (χ2n) is 5.07. The van der Waals surface area contributed by atoms with Crippen molar-refractivity contribution in [3.05, 3.63) is 41.5 Å². The number of aromatic nitrogens is 3. The number of nitrogens with one attached hydrogen (secondary N) is 1. The summed E-state index contributed by atoms with van der Waals surface area (Å²) in [6, 6.07) is 3.33. The van der Waals surface area contributed by atoms with E-state index in [9.17, 15) is 4.79 Å². The molecule has 1 amide bonds. The van der Waals surface area contributed by atoms with Gasteiger partial charge in [-0.3, -0.25) is 9.48 Å². The minimum atomic E-state index is -0.174. The van der Waals surface area contributed by atoms with Gasteiger partial charge in [-0.15, -0.1) is 0 Å². The highest BCUT2D eigenvalue weighted by atomic mass is 16.1. The van der Waals surface area contributed by atoms with E-state index >= 15 is 0 Å². The van der Waals surface area contributed by atoms with Crippen molar-refractivity contribution >= 4 is 11.6 Å². The molecular weight excluding hydrogens is 254 g/mol. The number of hydrogen-bond acceptors (Lipinski definition) is 4. The van der Waals surface area contributed by atoms with Crippen LogP contribution in [0.3, 0.4) is 0 Å². The molecule has 2 heterocycles. The fourth-order valence-electron chi connectivity index (χ4n) is 2.63. The van der Waals surface area contributed by atoms with Crippen molar-refractivity contribution in [2.45, 2.75) is 25.3 Å². The number of nitrogens with zero attached hydrogens (tertiary/aromatic N) is 3. The first-order chi connectivity index (χ1) is 9.65. The zero-order chi connectivity index (χ0) is 14.1. The Hall–Kier alpha value is -2.37. The minimum Gasteiger partial charge on any atom is -0.397 e. The Morgan fingerprint density at radius 2 is 2.30 bits per heavy atom. The molecule has 1 atom stereocenters. The zero-order valence-electron chi connectivity index (χ0n) is 11.3. The van der Waals surface area contributed by atoms with Crippen LogP contribution in [0.4, 0.5) is 5.69 Å². The first-order valence-corrected chi connectivity index (χ1v) is 6.68. The lowest BCUT2D eigenvalue weighted by Crippen LogP contribution is -2.31. The first-order valence-electron chi connectivity index (χ1n) is 6.68. The van der Waals surface area contributed by atoms with Gasteiger partial charge in [-0.1, -0.05) is 0 Å². The number of rotatable bonds is 2. The van der Waals surface area contributed by atoms with E-state index in [4.69, 9.17) is 5.73 Å². The summed E-state index contributed by atoms with van der Waals surface area (Å²) in [5.41, 5.74) is 8.82. The van der Waals surface area contributed by atoms with Crippen molar-refractivity contribution in [2.24, 2.45) is 7.05 Å². The highest BCUT2D eigenvalue weighted by molar-refractivity contribution is 5.92. The van der Waals surface area contributed by atoms with Crippen LogP contribution >= 0.6 is 0 Å². The molecular formula is C14H17N5O. The van der Waals surface area contributed by atoms with Crippen LogP contribution in [0.1, 0.15) is 40.6 Å². The van der Waals surface area contributed by atoms with Crippen molar-refractivity contribution in [2.75, 3.05) is 5.73 Å². The Morgan fingerprint density at radius 1 is 1.45 bits per heavy atom. The maximum absolute atomic E-state index is 12.2. The van der Waals surface area contributed by atoms with E-state index in [0.717, 1.165) is 24.8 Å². The van der Waals surface area contributed by atoms with Crippen LogP contribution < -0.4 is 11.1 Å². The Bertz CT molecular complexity index is 632. The van der Waals surface area contributed by atoms with Gasteiger partial charge in [-0.05, 0) is 31.4 Å². The van der Waals surface area contributed by atoms with Crippen molar-refractivity contribution in [1.29, 1.82) is 0 Å². The van der Waals surface area contributed by atoms with Crippen molar-refractivity contribution in [3.63, 3.8) is 0 Å². The molecule has 0 saturated heterocycles. The van der Waals surface area contributed by atoms with Gasteiger partial charge in [0.1, 0.15) is 5.69 Å². The Morgan fingerprint density at radius 3 is 3.05 bits per heavy atom. The van der Waals surface area contributed by atoms with E-state index in [1.165, 1.54) is 11.9 Å². The molecule has 0 saturated carbocycles. The van der Waals surface area contributed by atoms with Gasteiger partial charge >= 0.3 is 0 Å². The van der Waals surface area contributed by atoms with Crippen LogP contribution in [0.15, 0.2) is 24.5 Å². The normalized spacial score (nSPS) is 17.6. The van der Waals surface area contributed by atoms with Gasteiger partial charge in [-0.25, -0.2) is 4.98 Å². The molecule has 3 N–H and O–H groups in total. The lowest BCUT2D eigenvalue weighted by molar-refractivity contribution is 0.0927. The lowest BCUT2D eigenvalue weighted by atomic mass is 9.93. The molecule has 1 aliphatic rings. The summed E-state index contributed by atoms with van der Waals surface area (Å²) >= 11 is 0. The average Bonchev–Trinajstić information content (AvgIpc) is 2.82. The highest BCUT2D eigenvalue weighted by Gasteiger charge is 2.25. The average molecular weight is 271 g/mol. The first kappa shape index (κ1) is 12.7. The van der Waals surface area contributed by atoms with Crippen LogP contribution in [0.5, 0.6) is 0 Å². The molecule has 6 heteroatoms. The van der Waals surface area contributed by atoms with Crippen LogP contribution in [-0.4, -0.2) is 20.7 Å². The van der Waals surface area contributed by atoms with Crippen LogP contribution in [0, 0.1) is 0 Å². The smallest absolute Gasteiger partial charge is 0.270 e. The highest BCUT2D eigenvalue weighted by Crippen LogP contribution is 2.29. The van der Waals surface area contributed by atoms with Crippen LogP contribution in [0.2, 0.25) is 0 Å². The predicted octanol–water partition coefficient (Wildman–Crippen LogP) is 1.20. The third-order valence-corrected chi connectivity index (χ3v) is 3.70. The molecule has 1 aliphatic carbocycles. The van der Waals surface area contributed by atoms with E-state index in [1.807, 2.05) is 17.9 Å². The quantitative estimate of drug-likeness (QED) is 0.859. The summed E-state index contributed by atoms with van der Waals surface area (Å²) in [6.45, 7) is 0. The maximum Gasteiger partial charge on any atom is 0.270 e.